The van der Waals surface area contributed by atoms with Gasteiger partial charge in [0.1, 0.15) is 5.82 Å². The highest BCUT2D eigenvalue weighted by Crippen LogP contribution is 2.26. The number of fused-ring (bicyclic) bond motifs is 1. The molecule has 1 aliphatic heterocycles. The summed E-state index contributed by atoms with van der Waals surface area (Å²) >= 11 is 0. The van der Waals surface area contributed by atoms with E-state index in [1.54, 1.807) is 16.9 Å². The molecular weight excluding hydrogens is 297 g/mol. The molecule has 0 aliphatic carbocycles. The van der Waals surface area contributed by atoms with Crippen LogP contribution in [0.5, 0.6) is 0 Å². The Bertz CT molecular complexity index is 808. The molecule has 121 valence electrons. The summed E-state index contributed by atoms with van der Waals surface area (Å²) in [7, 11) is 2.04. The van der Waals surface area contributed by atoms with Gasteiger partial charge in [-0.2, -0.15) is 0 Å². The SMILES string of the molecule is CCn1cc([C]=O)c(=O)c2cc(F)c(N3CCN(C)CC3)cc21. The van der Waals surface area contributed by atoms with Crippen LogP contribution in [0.15, 0.2) is 23.1 Å². The summed E-state index contributed by atoms with van der Waals surface area (Å²) in [5.74, 6) is -0.426. The summed E-state index contributed by atoms with van der Waals surface area (Å²) in [5, 5.41) is 0.225. The predicted molar refractivity (Wildman–Crippen MR) is 88.3 cm³/mol. The van der Waals surface area contributed by atoms with Crippen molar-refractivity contribution in [3.05, 3.63) is 39.9 Å². The highest BCUT2D eigenvalue weighted by Gasteiger charge is 2.20. The van der Waals surface area contributed by atoms with Crippen LogP contribution in [0, 0.1) is 5.82 Å². The molecule has 0 saturated carbocycles. The molecule has 1 aliphatic rings. The lowest BCUT2D eigenvalue weighted by Crippen LogP contribution is -2.44. The molecule has 0 unspecified atom stereocenters. The average molecular weight is 316 g/mol. The van der Waals surface area contributed by atoms with Crippen molar-refractivity contribution < 1.29 is 9.18 Å². The third-order valence-corrected chi connectivity index (χ3v) is 4.44. The van der Waals surface area contributed by atoms with E-state index in [1.165, 1.54) is 12.3 Å². The van der Waals surface area contributed by atoms with Gasteiger partial charge in [0.05, 0.1) is 16.8 Å². The molecule has 0 atom stereocenters. The van der Waals surface area contributed by atoms with E-state index in [4.69, 9.17) is 0 Å². The van der Waals surface area contributed by atoms with Gasteiger partial charge in [-0.3, -0.25) is 9.59 Å². The van der Waals surface area contributed by atoms with Crippen LogP contribution in [0.3, 0.4) is 0 Å². The van der Waals surface area contributed by atoms with Crippen molar-refractivity contribution in [2.45, 2.75) is 13.5 Å². The Balaban J connectivity index is 2.17. The normalized spacial score (nSPS) is 16.0. The molecule has 1 radical (unpaired) electrons. The largest absolute Gasteiger partial charge is 0.367 e. The van der Waals surface area contributed by atoms with E-state index < -0.39 is 11.2 Å². The molecule has 1 fully saturated rings. The van der Waals surface area contributed by atoms with Gasteiger partial charge in [0.15, 0.2) is 0 Å². The average Bonchev–Trinajstić information content (AvgIpc) is 2.56. The Labute approximate surface area is 133 Å². The molecular formula is C17H19FN3O2. The van der Waals surface area contributed by atoms with Gasteiger partial charge in [-0.1, -0.05) is 0 Å². The summed E-state index contributed by atoms with van der Waals surface area (Å²) in [4.78, 5) is 27.4. The molecule has 0 amide bonds. The van der Waals surface area contributed by atoms with E-state index in [0.717, 1.165) is 26.2 Å². The number of likely N-dealkylation sites (N-methyl/N-ethyl adjacent to an activating group) is 1. The smallest absolute Gasteiger partial charge is 0.239 e. The summed E-state index contributed by atoms with van der Waals surface area (Å²) in [5.41, 5.74) is 0.622. The zero-order valence-corrected chi connectivity index (χ0v) is 13.3. The fourth-order valence-electron chi connectivity index (χ4n) is 3.02. The van der Waals surface area contributed by atoms with Crippen molar-refractivity contribution in [2.24, 2.45) is 0 Å². The number of benzene rings is 1. The summed E-state index contributed by atoms with van der Waals surface area (Å²) in [6, 6.07) is 2.97. The standard InChI is InChI=1S/C17H19FN3O2/c1-3-20-10-12(11-22)17(23)13-8-14(18)16(9-15(13)20)21-6-4-19(2)5-7-21/h8-10H,3-7H2,1-2H3. The van der Waals surface area contributed by atoms with Crippen LogP contribution in [0.25, 0.3) is 10.9 Å². The van der Waals surface area contributed by atoms with E-state index in [-0.39, 0.29) is 10.9 Å². The number of rotatable bonds is 3. The second kappa shape index (κ2) is 6.12. The Hall–Kier alpha value is -2.21. The van der Waals surface area contributed by atoms with Gasteiger partial charge < -0.3 is 14.4 Å². The molecule has 1 aromatic carbocycles. The van der Waals surface area contributed by atoms with Crippen molar-refractivity contribution in [3.8, 4) is 0 Å². The van der Waals surface area contributed by atoms with Crippen molar-refractivity contribution in [1.82, 2.24) is 9.47 Å². The number of halogens is 1. The number of aryl methyl sites for hydroxylation is 1. The number of aromatic nitrogens is 1. The van der Waals surface area contributed by atoms with Crippen LogP contribution in [-0.2, 0) is 11.3 Å². The molecule has 2 aromatic rings. The van der Waals surface area contributed by atoms with Crippen molar-refractivity contribution in [3.63, 3.8) is 0 Å². The quantitative estimate of drug-likeness (QED) is 0.858. The maximum Gasteiger partial charge on any atom is 0.239 e. The molecule has 23 heavy (non-hydrogen) atoms. The lowest BCUT2D eigenvalue weighted by Gasteiger charge is -2.34. The number of nitrogens with zero attached hydrogens (tertiary/aromatic N) is 3. The van der Waals surface area contributed by atoms with E-state index >= 15 is 0 Å². The third kappa shape index (κ3) is 2.74. The minimum atomic E-state index is -0.469. The highest BCUT2D eigenvalue weighted by atomic mass is 19.1. The minimum absolute atomic E-state index is 0.0638. The lowest BCUT2D eigenvalue weighted by molar-refractivity contribution is 0.312. The number of pyridine rings is 1. The first-order valence-corrected chi connectivity index (χ1v) is 7.73. The third-order valence-electron chi connectivity index (χ3n) is 4.44. The topological polar surface area (TPSA) is 45.6 Å². The molecule has 2 heterocycles. The zero-order valence-electron chi connectivity index (χ0n) is 13.3. The van der Waals surface area contributed by atoms with Crippen molar-refractivity contribution >= 4 is 22.9 Å². The molecule has 0 spiro atoms. The number of carbonyl (C=O) groups excluding carboxylic acids is 1. The minimum Gasteiger partial charge on any atom is -0.367 e. The van der Waals surface area contributed by atoms with Crippen molar-refractivity contribution in [2.75, 3.05) is 38.1 Å². The van der Waals surface area contributed by atoms with Gasteiger partial charge in [0.2, 0.25) is 11.7 Å². The van der Waals surface area contributed by atoms with Gasteiger partial charge in [-0.25, -0.2) is 4.39 Å². The maximum atomic E-state index is 14.6. The molecule has 6 heteroatoms. The van der Waals surface area contributed by atoms with E-state index in [1.807, 2.05) is 18.9 Å². The van der Waals surface area contributed by atoms with Crippen LogP contribution in [0.2, 0.25) is 0 Å². The molecule has 1 aromatic heterocycles. The summed E-state index contributed by atoms with van der Waals surface area (Å²) in [6.45, 7) is 5.73. The van der Waals surface area contributed by atoms with Crippen LogP contribution in [0.4, 0.5) is 10.1 Å². The molecule has 3 rings (SSSR count). The Morgan fingerprint density at radius 1 is 1.22 bits per heavy atom. The monoisotopic (exact) mass is 316 g/mol. The molecule has 1 saturated heterocycles. The Morgan fingerprint density at radius 3 is 2.52 bits per heavy atom. The molecule has 5 nitrogen and oxygen atoms in total. The van der Waals surface area contributed by atoms with Gasteiger partial charge >= 0.3 is 0 Å². The molecule has 0 N–H and O–H groups in total. The van der Waals surface area contributed by atoms with E-state index in [9.17, 15) is 14.0 Å². The number of piperazine rings is 1. The highest BCUT2D eigenvalue weighted by molar-refractivity contribution is 5.88. The van der Waals surface area contributed by atoms with Gasteiger partial charge in [0, 0.05) is 44.3 Å². The van der Waals surface area contributed by atoms with Crippen LogP contribution >= 0.6 is 0 Å². The second-order valence-electron chi connectivity index (χ2n) is 5.87. The van der Waals surface area contributed by atoms with Gasteiger partial charge in [-0.15, -0.1) is 0 Å². The summed E-state index contributed by atoms with van der Waals surface area (Å²) < 4.78 is 16.3. The van der Waals surface area contributed by atoms with E-state index in [2.05, 4.69) is 4.90 Å². The number of hydrogen-bond donors (Lipinski definition) is 0. The Kier molecular flexibility index (Phi) is 4.17. The Morgan fingerprint density at radius 2 is 1.91 bits per heavy atom. The zero-order chi connectivity index (χ0) is 16.6. The molecule has 0 bridgehead atoms. The fourth-order valence-corrected chi connectivity index (χ4v) is 3.02. The summed E-state index contributed by atoms with van der Waals surface area (Å²) in [6.07, 6.45) is 3.13. The first-order chi connectivity index (χ1) is 11.0. The number of anilines is 1. The number of hydrogen-bond acceptors (Lipinski definition) is 4. The van der Waals surface area contributed by atoms with E-state index in [0.29, 0.717) is 17.7 Å². The van der Waals surface area contributed by atoms with Crippen LogP contribution in [-0.4, -0.2) is 49.0 Å². The van der Waals surface area contributed by atoms with Crippen LogP contribution in [0.1, 0.15) is 12.5 Å². The van der Waals surface area contributed by atoms with Gasteiger partial charge in [0.25, 0.3) is 0 Å². The van der Waals surface area contributed by atoms with Gasteiger partial charge in [-0.05, 0) is 26.1 Å². The maximum absolute atomic E-state index is 14.6. The van der Waals surface area contributed by atoms with Crippen LogP contribution < -0.4 is 10.3 Å². The van der Waals surface area contributed by atoms with Crippen molar-refractivity contribution in [1.29, 1.82) is 0 Å². The first-order valence-electron chi connectivity index (χ1n) is 7.73. The second-order valence-corrected chi connectivity index (χ2v) is 5.87. The fraction of sp³-hybridized carbons (Fsp3) is 0.412. The lowest BCUT2D eigenvalue weighted by atomic mass is 10.1. The predicted octanol–water partition coefficient (Wildman–Crippen LogP) is 1.37. The first kappa shape index (κ1) is 15.7.